The number of furan rings is 1. The van der Waals surface area contributed by atoms with E-state index in [0.29, 0.717) is 12.5 Å². The summed E-state index contributed by atoms with van der Waals surface area (Å²) in [6, 6.07) is 3.92. The van der Waals surface area contributed by atoms with E-state index in [1.807, 2.05) is 12.1 Å². The molecular weight excluding hydrogens is 266 g/mol. The molecule has 1 saturated carbocycles. The van der Waals surface area contributed by atoms with Crippen LogP contribution in [0.5, 0.6) is 0 Å². The van der Waals surface area contributed by atoms with Crippen LogP contribution >= 0.6 is 0 Å². The molecule has 2 rings (SSSR count). The van der Waals surface area contributed by atoms with Crippen molar-refractivity contribution in [1.29, 1.82) is 0 Å². The van der Waals surface area contributed by atoms with Crippen LogP contribution in [0, 0.1) is 5.92 Å². The van der Waals surface area contributed by atoms with Gasteiger partial charge in [0.25, 0.3) is 0 Å². The highest BCUT2D eigenvalue weighted by atomic mass is 16.3. The highest BCUT2D eigenvalue weighted by molar-refractivity contribution is 5.91. The first kappa shape index (κ1) is 15.8. The van der Waals surface area contributed by atoms with Gasteiger partial charge in [-0.15, -0.1) is 0 Å². The molecule has 0 saturated heterocycles. The van der Waals surface area contributed by atoms with E-state index in [9.17, 15) is 4.79 Å². The second-order valence-electron chi connectivity index (χ2n) is 5.82. The van der Waals surface area contributed by atoms with Gasteiger partial charge in [-0.2, -0.15) is 0 Å². The van der Waals surface area contributed by atoms with E-state index >= 15 is 0 Å². The van der Waals surface area contributed by atoms with Gasteiger partial charge in [-0.3, -0.25) is 4.79 Å². The lowest BCUT2D eigenvalue weighted by atomic mass is 10.2. The van der Waals surface area contributed by atoms with Crippen molar-refractivity contribution in [1.82, 2.24) is 5.32 Å². The van der Waals surface area contributed by atoms with Gasteiger partial charge in [0.15, 0.2) is 0 Å². The summed E-state index contributed by atoms with van der Waals surface area (Å²) in [5.41, 5.74) is 0. The molecule has 2 N–H and O–H groups in total. The first-order valence-electron chi connectivity index (χ1n) is 7.87. The zero-order valence-corrected chi connectivity index (χ0v) is 12.7. The van der Waals surface area contributed by atoms with Crippen molar-refractivity contribution in [3.05, 3.63) is 29.7 Å². The van der Waals surface area contributed by atoms with Crippen molar-refractivity contribution < 1.29 is 14.3 Å². The van der Waals surface area contributed by atoms with Crippen LogP contribution in [0.3, 0.4) is 0 Å². The second-order valence-corrected chi connectivity index (χ2v) is 5.82. The molecule has 4 nitrogen and oxygen atoms in total. The largest absolute Gasteiger partial charge is 0.461 e. The zero-order valence-electron chi connectivity index (χ0n) is 12.7. The number of amides is 1. The molecular formula is C17H25NO3. The predicted molar refractivity (Wildman–Crippen MR) is 82.8 cm³/mol. The summed E-state index contributed by atoms with van der Waals surface area (Å²) in [6.45, 7) is 3.15. The van der Waals surface area contributed by atoms with Gasteiger partial charge >= 0.3 is 0 Å². The number of hydrogen-bond donors (Lipinski definition) is 2. The molecule has 0 radical (unpaired) electrons. The van der Waals surface area contributed by atoms with E-state index < -0.39 is 0 Å². The van der Waals surface area contributed by atoms with Crippen LogP contribution in [0.2, 0.25) is 0 Å². The Balaban J connectivity index is 1.64. The Labute approximate surface area is 126 Å². The van der Waals surface area contributed by atoms with Crippen LogP contribution in [-0.4, -0.2) is 24.2 Å². The van der Waals surface area contributed by atoms with E-state index in [0.717, 1.165) is 43.1 Å². The van der Waals surface area contributed by atoms with Gasteiger partial charge < -0.3 is 14.8 Å². The van der Waals surface area contributed by atoms with Crippen molar-refractivity contribution in [2.75, 3.05) is 13.2 Å². The van der Waals surface area contributed by atoms with E-state index in [1.165, 1.54) is 12.5 Å². The maximum atomic E-state index is 11.6. The molecule has 116 valence electrons. The molecule has 21 heavy (non-hydrogen) atoms. The Bertz CT molecular complexity index is 478. The fourth-order valence-electron chi connectivity index (χ4n) is 2.39. The summed E-state index contributed by atoms with van der Waals surface area (Å²) >= 11 is 0. The topological polar surface area (TPSA) is 62.5 Å². The van der Waals surface area contributed by atoms with Gasteiger partial charge in [-0.25, -0.2) is 0 Å². The molecule has 0 aliphatic heterocycles. The molecule has 2 atom stereocenters. The zero-order chi connectivity index (χ0) is 15.1. The number of unbranched alkanes of at least 4 members (excludes halogenated alkanes) is 3. The summed E-state index contributed by atoms with van der Waals surface area (Å²) in [6.07, 6.45) is 8.28. The van der Waals surface area contributed by atoms with Crippen LogP contribution in [0.1, 0.15) is 56.5 Å². The average molecular weight is 291 g/mol. The van der Waals surface area contributed by atoms with Crippen LogP contribution < -0.4 is 5.32 Å². The SMILES string of the molecule is CC1CC1c1ccc(/C=C/C(=O)NCCCCCCO)o1. The van der Waals surface area contributed by atoms with Gasteiger partial charge in [-0.1, -0.05) is 19.8 Å². The van der Waals surface area contributed by atoms with Gasteiger partial charge in [0.1, 0.15) is 11.5 Å². The second kappa shape index (κ2) is 8.03. The van der Waals surface area contributed by atoms with Crippen molar-refractivity contribution in [2.45, 2.75) is 44.9 Å². The maximum Gasteiger partial charge on any atom is 0.244 e. The summed E-state index contributed by atoms with van der Waals surface area (Å²) in [4.78, 5) is 11.6. The number of aliphatic hydroxyl groups is 1. The number of hydrogen-bond acceptors (Lipinski definition) is 3. The average Bonchev–Trinajstić information content (AvgIpc) is 3.02. The minimum absolute atomic E-state index is 0.0881. The first-order valence-corrected chi connectivity index (χ1v) is 7.87. The van der Waals surface area contributed by atoms with Crippen LogP contribution in [0.25, 0.3) is 6.08 Å². The Morgan fingerprint density at radius 2 is 2.14 bits per heavy atom. The van der Waals surface area contributed by atoms with Gasteiger partial charge in [0.2, 0.25) is 5.91 Å². The third-order valence-corrected chi connectivity index (χ3v) is 3.91. The highest BCUT2D eigenvalue weighted by Crippen LogP contribution is 2.47. The number of carbonyl (C=O) groups excluding carboxylic acids is 1. The number of aliphatic hydroxyl groups excluding tert-OH is 1. The third kappa shape index (κ3) is 5.38. The number of nitrogens with one attached hydrogen (secondary N) is 1. The number of carbonyl (C=O) groups is 1. The normalized spacial score (nSPS) is 20.9. The lowest BCUT2D eigenvalue weighted by molar-refractivity contribution is -0.116. The Morgan fingerprint density at radius 1 is 1.38 bits per heavy atom. The fourth-order valence-corrected chi connectivity index (χ4v) is 2.39. The predicted octanol–water partition coefficient (Wildman–Crippen LogP) is 3.09. The molecule has 1 fully saturated rings. The van der Waals surface area contributed by atoms with Gasteiger partial charge in [0.05, 0.1) is 0 Å². The van der Waals surface area contributed by atoms with Crippen molar-refractivity contribution in [2.24, 2.45) is 5.92 Å². The molecule has 1 aliphatic carbocycles. The molecule has 4 heteroatoms. The van der Waals surface area contributed by atoms with E-state index in [4.69, 9.17) is 9.52 Å². The van der Waals surface area contributed by atoms with E-state index in [-0.39, 0.29) is 12.5 Å². The monoisotopic (exact) mass is 291 g/mol. The lowest BCUT2D eigenvalue weighted by Crippen LogP contribution is -2.21. The molecule has 0 bridgehead atoms. The van der Waals surface area contributed by atoms with E-state index in [1.54, 1.807) is 6.08 Å². The van der Waals surface area contributed by atoms with Crippen LogP contribution in [0.4, 0.5) is 0 Å². The molecule has 1 amide bonds. The quantitative estimate of drug-likeness (QED) is 0.543. The molecule has 0 aromatic carbocycles. The molecule has 1 heterocycles. The van der Waals surface area contributed by atoms with Crippen molar-refractivity contribution in [3.8, 4) is 0 Å². The molecule has 0 spiro atoms. The summed E-state index contributed by atoms with van der Waals surface area (Å²) in [5.74, 6) is 2.98. The molecule has 1 aromatic rings. The van der Waals surface area contributed by atoms with Gasteiger partial charge in [-0.05, 0) is 43.4 Å². The summed E-state index contributed by atoms with van der Waals surface area (Å²) in [5, 5.41) is 11.5. The number of rotatable bonds is 9. The molecule has 1 aromatic heterocycles. The highest BCUT2D eigenvalue weighted by Gasteiger charge is 2.36. The van der Waals surface area contributed by atoms with Gasteiger partial charge in [0, 0.05) is 25.1 Å². The molecule has 2 unspecified atom stereocenters. The fraction of sp³-hybridized carbons (Fsp3) is 0.588. The van der Waals surface area contributed by atoms with Crippen LogP contribution in [0.15, 0.2) is 22.6 Å². The minimum Gasteiger partial charge on any atom is -0.461 e. The third-order valence-electron chi connectivity index (χ3n) is 3.91. The lowest BCUT2D eigenvalue weighted by Gasteiger charge is -2.01. The first-order chi connectivity index (χ1) is 10.2. The molecule has 1 aliphatic rings. The standard InChI is InChI=1S/C17H25NO3/c1-13-12-15(13)16-8-6-14(21-16)7-9-17(20)18-10-4-2-3-5-11-19/h6-9,13,15,19H,2-5,10-12H2,1H3,(H,18,20)/b9-7+. The van der Waals surface area contributed by atoms with Crippen molar-refractivity contribution in [3.63, 3.8) is 0 Å². The smallest absolute Gasteiger partial charge is 0.244 e. The Kier molecular flexibility index (Phi) is 6.05. The Morgan fingerprint density at radius 3 is 2.86 bits per heavy atom. The summed E-state index contributed by atoms with van der Waals surface area (Å²) in [7, 11) is 0. The summed E-state index contributed by atoms with van der Waals surface area (Å²) < 4.78 is 5.71. The minimum atomic E-state index is -0.0881. The van der Waals surface area contributed by atoms with Crippen LogP contribution in [-0.2, 0) is 4.79 Å². The Hall–Kier alpha value is -1.55. The van der Waals surface area contributed by atoms with E-state index in [2.05, 4.69) is 12.2 Å². The maximum absolute atomic E-state index is 11.6. The van der Waals surface area contributed by atoms with Crippen molar-refractivity contribution >= 4 is 12.0 Å².